The molecule has 0 fully saturated rings. The van der Waals surface area contributed by atoms with Gasteiger partial charge in [0.15, 0.2) is 0 Å². The molecule has 3 aromatic rings. The summed E-state index contributed by atoms with van der Waals surface area (Å²) in [5.74, 6) is 0.647. The van der Waals surface area contributed by atoms with Gasteiger partial charge in [-0.2, -0.15) is 0 Å². The molecule has 181 valence electrons. The first-order valence-corrected chi connectivity index (χ1v) is 11.8. The summed E-state index contributed by atoms with van der Waals surface area (Å²) in [5.41, 5.74) is 4.80. The zero-order chi connectivity index (χ0) is 24.5. The zero-order valence-electron chi connectivity index (χ0n) is 21.2. The maximum absolute atomic E-state index is 11.0. The van der Waals surface area contributed by atoms with Crippen LogP contribution in [0.3, 0.4) is 0 Å². The molecule has 3 rings (SSSR count). The molecule has 0 aliphatic carbocycles. The molecule has 3 aromatic carbocycles. The van der Waals surface area contributed by atoms with Crippen molar-refractivity contribution in [1.29, 1.82) is 0 Å². The van der Waals surface area contributed by atoms with Crippen molar-refractivity contribution < 1.29 is 24.5 Å². The van der Waals surface area contributed by atoms with Crippen molar-refractivity contribution in [2.24, 2.45) is 0 Å². The van der Waals surface area contributed by atoms with E-state index in [-0.39, 0.29) is 42.1 Å². The van der Waals surface area contributed by atoms with Crippen molar-refractivity contribution in [2.75, 3.05) is 6.61 Å². The van der Waals surface area contributed by atoms with Gasteiger partial charge in [-0.05, 0) is 73.2 Å². The number of carboxylic acid groups (broad SMARTS) is 1. The van der Waals surface area contributed by atoms with Crippen LogP contribution >= 0.6 is 0 Å². The van der Waals surface area contributed by atoms with Crippen molar-refractivity contribution >= 4 is 35.5 Å². The quantitative estimate of drug-likeness (QED) is 0.331. The first kappa shape index (κ1) is 28.9. The number of hydrogen-bond donors (Lipinski definition) is 2. The minimum atomic E-state index is -0.794. The number of aryl methyl sites for hydroxylation is 3. The SMILES string of the molecule is CCc1ccc(O[C@H](C)CCOc2ccc(CCC(=O)O)c(C)c2)c(C(O)c2ccccc2)c1.[Na]. The van der Waals surface area contributed by atoms with Gasteiger partial charge in [-0.15, -0.1) is 0 Å². The van der Waals surface area contributed by atoms with Crippen LogP contribution in [0.1, 0.15) is 60.6 Å². The standard InChI is InChI=1S/C29H34O5.Na/c1-4-22-10-14-27(26(19-22)29(32)24-8-6-5-7-9-24)34-21(3)16-17-33-25-13-11-23(20(2)18-25)12-15-28(30)31;/h5-11,13-14,18-19,21,29,32H,4,12,15-17H2,1-3H3,(H,30,31);/t21-,29?;/m1./s1. The molecule has 6 heteroatoms. The van der Waals surface area contributed by atoms with Gasteiger partial charge in [-0.1, -0.05) is 49.4 Å². The van der Waals surface area contributed by atoms with Crippen LogP contribution in [0.5, 0.6) is 11.5 Å². The number of carboxylic acids is 1. The van der Waals surface area contributed by atoms with Gasteiger partial charge < -0.3 is 19.7 Å². The van der Waals surface area contributed by atoms with Crippen molar-refractivity contribution in [3.8, 4) is 11.5 Å². The summed E-state index contributed by atoms with van der Waals surface area (Å²) in [5, 5.41) is 19.9. The van der Waals surface area contributed by atoms with Crippen LogP contribution < -0.4 is 9.47 Å². The van der Waals surface area contributed by atoms with Gasteiger partial charge in [0.2, 0.25) is 0 Å². The van der Waals surface area contributed by atoms with E-state index in [0.29, 0.717) is 25.2 Å². The Kier molecular flexibility index (Phi) is 11.8. The monoisotopic (exact) mass is 485 g/mol. The third-order valence-electron chi connectivity index (χ3n) is 5.94. The molecule has 1 unspecified atom stereocenters. The van der Waals surface area contributed by atoms with E-state index in [9.17, 15) is 9.90 Å². The van der Waals surface area contributed by atoms with Crippen molar-refractivity contribution in [2.45, 2.75) is 58.7 Å². The molecular formula is C29H34NaO5. The second-order valence-corrected chi connectivity index (χ2v) is 8.59. The molecule has 0 spiro atoms. The second-order valence-electron chi connectivity index (χ2n) is 8.59. The average Bonchev–Trinajstić information content (AvgIpc) is 2.83. The summed E-state index contributed by atoms with van der Waals surface area (Å²) in [6.07, 6.45) is 1.33. The number of rotatable bonds is 12. The molecule has 0 aliphatic heterocycles. The normalized spacial score (nSPS) is 12.3. The summed E-state index contributed by atoms with van der Waals surface area (Å²) in [4.78, 5) is 10.8. The summed E-state index contributed by atoms with van der Waals surface area (Å²) in [6.45, 7) is 6.54. The maximum atomic E-state index is 11.0. The van der Waals surface area contributed by atoms with E-state index in [1.54, 1.807) is 0 Å². The number of aliphatic hydroxyl groups is 1. The van der Waals surface area contributed by atoms with Gasteiger partial charge in [0.25, 0.3) is 0 Å². The predicted octanol–water partition coefficient (Wildman–Crippen LogP) is 5.51. The first-order chi connectivity index (χ1) is 16.4. The fraction of sp³-hybridized carbons (Fsp3) is 0.345. The number of carbonyl (C=O) groups is 1. The minimum absolute atomic E-state index is 0. The summed E-state index contributed by atoms with van der Waals surface area (Å²) in [7, 11) is 0. The third-order valence-corrected chi connectivity index (χ3v) is 5.94. The van der Waals surface area contributed by atoms with Crippen molar-refractivity contribution in [1.82, 2.24) is 0 Å². The van der Waals surface area contributed by atoms with Crippen LogP contribution in [0.4, 0.5) is 0 Å². The number of aliphatic carboxylic acids is 1. The largest absolute Gasteiger partial charge is 0.493 e. The molecule has 0 bridgehead atoms. The predicted molar refractivity (Wildman–Crippen MR) is 139 cm³/mol. The summed E-state index contributed by atoms with van der Waals surface area (Å²) < 4.78 is 12.1. The van der Waals surface area contributed by atoms with Crippen LogP contribution in [-0.2, 0) is 17.6 Å². The molecule has 0 aliphatic rings. The van der Waals surface area contributed by atoms with Gasteiger partial charge in [-0.25, -0.2) is 0 Å². The Morgan fingerprint density at radius 3 is 2.43 bits per heavy atom. The van der Waals surface area contributed by atoms with E-state index in [4.69, 9.17) is 14.6 Å². The van der Waals surface area contributed by atoms with Gasteiger partial charge in [0.1, 0.15) is 17.6 Å². The number of ether oxygens (including phenoxy) is 2. The average molecular weight is 486 g/mol. The summed E-state index contributed by atoms with van der Waals surface area (Å²) in [6, 6.07) is 21.4. The second kappa shape index (κ2) is 14.3. The van der Waals surface area contributed by atoms with Gasteiger partial charge in [0, 0.05) is 48.0 Å². The number of hydrogen-bond acceptors (Lipinski definition) is 4. The van der Waals surface area contributed by atoms with E-state index in [0.717, 1.165) is 40.0 Å². The van der Waals surface area contributed by atoms with Gasteiger partial charge in [-0.3, -0.25) is 4.79 Å². The molecule has 0 saturated carbocycles. The molecule has 1 radical (unpaired) electrons. The third kappa shape index (κ3) is 8.69. The van der Waals surface area contributed by atoms with Crippen LogP contribution in [0.2, 0.25) is 0 Å². The Balaban J connectivity index is 0.00000432. The number of benzene rings is 3. The van der Waals surface area contributed by atoms with Crippen LogP contribution in [0, 0.1) is 6.92 Å². The van der Waals surface area contributed by atoms with E-state index in [1.165, 1.54) is 0 Å². The van der Waals surface area contributed by atoms with Crippen LogP contribution in [0.15, 0.2) is 66.7 Å². The Labute approximate surface area is 230 Å². The van der Waals surface area contributed by atoms with E-state index >= 15 is 0 Å². The van der Waals surface area contributed by atoms with Gasteiger partial charge >= 0.3 is 5.97 Å². The van der Waals surface area contributed by atoms with E-state index < -0.39 is 12.1 Å². The molecule has 0 saturated heterocycles. The van der Waals surface area contributed by atoms with E-state index in [2.05, 4.69) is 6.92 Å². The molecule has 2 N–H and O–H groups in total. The fourth-order valence-corrected chi connectivity index (χ4v) is 3.85. The molecular weight excluding hydrogens is 451 g/mol. The Bertz CT molecular complexity index is 1080. The molecule has 0 heterocycles. The van der Waals surface area contributed by atoms with Gasteiger partial charge in [0.05, 0.1) is 12.7 Å². The molecule has 5 nitrogen and oxygen atoms in total. The van der Waals surface area contributed by atoms with E-state index in [1.807, 2.05) is 80.6 Å². The number of aliphatic hydroxyl groups excluding tert-OH is 1. The topological polar surface area (TPSA) is 76.0 Å². The van der Waals surface area contributed by atoms with Crippen LogP contribution in [-0.4, -0.2) is 58.5 Å². The van der Waals surface area contributed by atoms with Crippen molar-refractivity contribution in [3.05, 3.63) is 94.5 Å². The minimum Gasteiger partial charge on any atom is -0.493 e. The van der Waals surface area contributed by atoms with Crippen molar-refractivity contribution in [3.63, 3.8) is 0 Å². The molecule has 35 heavy (non-hydrogen) atoms. The Hall–Kier alpha value is -2.31. The maximum Gasteiger partial charge on any atom is 0.303 e. The smallest absolute Gasteiger partial charge is 0.303 e. The Morgan fingerprint density at radius 2 is 1.77 bits per heavy atom. The molecule has 2 atom stereocenters. The summed E-state index contributed by atoms with van der Waals surface area (Å²) >= 11 is 0. The molecule has 0 aromatic heterocycles. The molecule has 0 amide bonds. The first-order valence-electron chi connectivity index (χ1n) is 11.8. The zero-order valence-corrected chi connectivity index (χ0v) is 23.2. The fourth-order valence-electron chi connectivity index (χ4n) is 3.85. The van der Waals surface area contributed by atoms with Crippen LogP contribution in [0.25, 0.3) is 0 Å². The Morgan fingerprint density at radius 1 is 1.03 bits per heavy atom.